The second kappa shape index (κ2) is 6.28. The van der Waals surface area contributed by atoms with Crippen LogP contribution in [0.2, 0.25) is 5.02 Å². The van der Waals surface area contributed by atoms with Gasteiger partial charge >= 0.3 is 0 Å². The van der Waals surface area contributed by atoms with Crippen LogP contribution in [0.4, 0.5) is 0 Å². The van der Waals surface area contributed by atoms with E-state index in [1.54, 1.807) is 18.3 Å². The van der Waals surface area contributed by atoms with Crippen molar-refractivity contribution in [2.24, 2.45) is 0 Å². The number of halogens is 1. The molecule has 0 fully saturated rings. The van der Waals surface area contributed by atoms with E-state index in [0.29, 0.717) is 28.2 Å². The predicted octanol–water partition coefficient (Wildman–Crippen LogP) is 3.91. The third kappa shape index (κ3) is 2.74. The van der Waals surface area contributed by atoms with Crippen LogP contribution in [0.1, 0.15) is 19.8 Å². The largest absolute Gasteiger partial charge is 0.276 e. The van der Waals surface area contributed by atoms with Crippen LogP contribution in [-0.4, -0.2) is 14.8 Å². The van der Waals surface area contributed by atoms with Gasteiger partial charge in [-0.15, -0.1) is 0 Å². The number of rotatable bonds is 4. The predicted molar refractivity (Wildman–Crippen MR) is 89.2 cm³/mol. The molecule has 2 heterocycles. The number of nitrogens with zero attached hydrogens (tertiary/aromatic N) is 3. The highest BCUT2D eigenvalue weighted by Crippen LogP contribution is 2.25. The first kappa shape index (κ1) is 14.7. The van der Waals surface area contributed by atoms with E-state index in [2.05, 4.69) is 17.0 Å². The Balaban J connectivity index is 2.28. The number of fused-ring (bicyclic) bond motifs is 1. The van der Waals surface area contributed by atoms with E-state index < -0.39 is 0 Å². The van der Waals surface area contributed by atoms with Crippen molar-refractivity contribution in [3.05, 3.63) is 58.0 Å². The van der Waals surface area contributed by atoms with Gasteiger partial charge < -0.3 is 0 Å². The minimum Gasteiger partial charge on any atom is -0.267 e. The monoisotopic (exact) mass is 313 g/mol. The summed E-state index contributed by atoms with van der Waals surface area (Å²) < 4.78 is 1.53. The molecule has 0 aliphatic heterocycles. The second-order valence-electron chi connectivity index (χ2n) is 5.14. The highest BCUT2D eigenvalue weighted by Gasteiger charge is 2.13. The van der Waals surface area contributed by atoms with Crippen molar-refractivity contribution in [2.75, 3.05) is 0 Å². The van der Waals surface area contributed by atoms with Crippen molar-refractivity contribution >= 4 is 22.5 Å². The van der Waals surface area contributed by atoms with Gasteiger partial charge in [0.1, 0.15) is 11.2 Å². The third-order valence-corrected chi connectivity index (χ3v) is 3.77. The molecule has 0 aliphatic rings. The zero-order valence-corrected chi connectivity index (χ0v) is 13.0. The molecule has 0 spiro atoms. The number of aromatic nitrogens is 3. The van der Waals surface area contributed by atoms with Crippen molar-refractivity contribution < 1.29 is 0 Å². The minimum absolute atomic E-state index is 0.0951. The summed E-state index contributed by atoms with van der Waals surface area (Å²) in [5.41, 5.74) is 2.07. The molecule has 0 bridgehead atoms. The molecular formula is C17H16ClN3O. The number of unbranched alkanes of at least 4 members (excludes halogenated alkanes) is 1. The molecule has 5 heteroatoms. The Bertz CT molecular complexity index is 873. The van der Waals surface area contributed by atoms with E-state index in [1.165, 1.54) is 4.68 Å². The lowest BCUT2D eigenvalue weighted by atomic mass is 10.1. The Hall–Kier alpha value is -2.20. The summed E-state index contributed by atoms with van der Waals surface area (Å²) in [6.45, 7) is 2.69. The number of hydrogen-bond donors (Lipinski definition) is 0. The van der Waals surface area contributed by atoms with Crippen LogP contribution in [0.25, 0.3) is 22.2 Å². The summed E-state index contributed by atoms with van der Waals surface area (Å²) >= 11 is 6.08. The van der Waals surface area contributed by atoms with Gasteiger partial charge in [-0.2, -0.15) is 5.10 Å². The molecular weight excluding hydrogens is 298 g/mol. The standard InChI is InChI=1S/C17H16ClN3O/c1-2-3-10-21-17(22)14-8-5-9-19-16(14)15(20-21)12-6-4-7-13(18)11-12/h4-9,11H,2-3,10H2,1H3. The topological polar surface area (TPSA) is 47.8 Å². The second-order valence-corrected chi connectivity index (χ2v) is 5.58. The van der Waals surface area contributed by atoms with Crippen LogP contribution < -0.4 is 5.56 Å². The van der Waals surface area contributed by atoms with E-state index in [4.69, 9.17) is 11.6 Å². The van der Waals surface area contributed by atoms with Crippen LogP contribution in [0.15, 0.2) is 47.4 Å². The van der Waals surface area contributed by atoms with Crippen molar-refractivity contribution in [2.45, 2.75) is 26.3 Å². The summed E-state index contributed by atoms with van der Waals surface area (Å²) in [6.07, 6.45) is 3.59. The molecule has 4 nitrogen and oxygen atoms in total. The number of aryl methyl sites for hydroxylation is 1. The summed E-state index contributed by atoms with van der Waals surface area (Å²) in [6, 6.07) is 11.0. The molecule has 0 saturated carbocycles. The molecule has 0 atom stereocenters. The maximum atomic E-state index is 12.5. The maximum absolute atomic E-state index is 12.5. The Morgan fingerprint density at radius 3 is 2.86 bits per heavy atom. The van der Waals surface area contributed by atoms with E-state index in [9.17, 15) is 4.79 Å². The van der Waals surface area contributed by atoms with Gasteiger partial charge in [-0.3, -0.25) is 9.78 Å². The van der Waals surface area contributed by atoms with Crippen LogP contribution in [0.5, 0.6) is 0 Å². The summed E-state index contributed by atoms with van der Waals surface area (Å²) in [4.78, 5) is 16.9. The van der Waals surface area contributed by atoms with Gasteiger partial charge in [-0.1, -0.05) is 37.1 Å². The molecule has 0 aliphatic carbocycles. The van der Waals surface area contributed by atoms with Gasteiger partial charge in [0, 0.05) is 23.3 Å². The fourth-order valence-electron chi connectivity index (χ4n) is 2.41. The van der Waals surface area contributed by atoms with Crippen molar-refractivity contribution in [3.63, 3.8) is 0 Å². The zero-order chi connectivity index (χ0) is 15.5. The molecule has 1 aromatic carbocycles. The van der Waals surface area contributed by atoms with Crippen molar-refractivity contribution in [1.29, 1.82) is 0 Å². The first-order chi connectivity index (χ1) is 10.7. The average Bonchev–Trinajstić information content (AvgIpc) is 2.54. The van der Waals surface area contributed by atoms with Gasteiger partial charge in [0.15, 0.2) is 0 Å². The molecule has 0 saturated heterocycles. The van der Waals surface area contributed by atoms with Crippen LogP contribution >= 0.6 is 11.6 Å². The van der Waals surface area contributed by atoms with E-state index in [-0.39, 0.29) is 5.56 Å². The van der Waals surface area contributed by atoms with Gasteiger partial charge in [0.2, 0.25) is 0 Å². The fraction of sp³-hybridized carbons (Fsp3) is 0.235. The van der Waals surface area contributed by atoms with Gasteiger partial charge in [0.25, 0.3) is 5.56 Å². The lowest BCUT2D eigenvalue weighted by molar-refractivity contribution is 0.549. The molecule has 112 valence electrons. The summed E-state index contributed by atoms with van der Waals surface area (Å²) in [7, 11) is 0. The minimum atomic E-state index is -0.0951. The van der Waals surface area contributed by atoms with Crippen LogP contribution in [-0.2, 0) is 6.54 Å². The molecule has 0 amide bonds. The van der Waals surface area contributed by atoms with Crippen LogP contribution in [0.3, 0.4) is 0 Å². The Kier molecular flexibility index (Phi) is 4.20. The Morgan fingerprint density at radius 1 is 1.23 bits per heavy atom. The van der Waals surface area contributed by atoms with Gasteiger partial charge in [-0.25, -0.2) is 4.68 Å². The van der Waals surface area contributed by atoms with Crippen molar-refractivity contribution in [1.82, 2.24) is 14.8 Å². The zero-order valence-electron chi connectivity index (χ0n) is 12.3. The normalized spacial score (nSPS) is 11.0. The Labute approximate surface area is 133 Å². The average molecular weight is 314 g/mol. The van der Waals surface area contributed by atoms with Crippen LogP contribution in [0, 0.1) is 0 Å². The molecule has 3 aromatic rings. The lowest BCUT2D eigenvalue weighted by Crippen LogP contribution is -2.24. The number of benzene rings is 1. The third-order valence-electron chi connectivity index (χ3n) is 3.54. The van der Waals surface area contributed by atoms with Gasteiger partial charge in [-0.05, 0) is 30.7 Å². The SMILES string of the molecule is CCCCn1nc(-c2cccc(Cl)c2)c2ncccc2c1=O. The first-order valence-electron chi connectivity index (χ1n) is 7.32. The molecule has 0 N–H and O–H groups in total. The van der Waals surface area contributed by atoms with Gasteiger partial charge in [0.05, 0.1) is 5.39 Å². The lowest BCUT2D eigenvalue weighted by Gasteiger charge is -2.10. The number of hydrogen-bond acceptors (Lipinski definition) is 3. The van der Waals surface area contributed by atoms with E-state index in [1.807, 2.05) is 24.3 Å². The highest BCUT2D eigenvalue weighted by molar-refractivity contribution is 6.30. The molecule has 0 radical (unpaired) electrons. The fourth-order valence-corrected chi connectivity index (χ4v) is 2.60. The highest BCUT2D eigenvalue weighted by atomic mass is 35.5. The summed E-state index contributed by atoms with van der Waals surface area (Å²) in [5.74, 6) is 0. The summed E-state index contributed by atoms with van der Waals surface area (Å²) in [5, 5.41) is 5.75. The quantitative estimate of drug-likeness (QED) is 0.733. The molecule has 22 heavy (non-hydrogen) atoms. The number of pyridine rings is 1. The first-order valence-corrected chi connectivity index (χ1v) is 7.70. The van der Waals surface area contributed by atoms with Crippen molar-refractivity contribution in [3.8, 4) is 11.3 Å². The maximum Gasteiger partial charge on any atom is 0.276 e. The van der Waals surface area contributed by atoms with E-state index >= 15 is 0 Å². The Morgan fingerprint density at radius 2 is 2.09 bits per heavy atom. The molecule has 3 rings (SSSR count). The van der Waals surface area contributed by atoms with E-state index in [0.717, 1.165) is 18.4 Å². The smallest absolute Gasteiger partial charge is 0.267 e. The molecule has 0 unspecified atom stereocenters. The molecule has 2 aromatic heterocycles.